The molecular weight excluding hydrogens is 323 g/mol. The number of likely N-dealkylation sites (N-methyl/N-ethyl adjacent to an activating group) is 1. The van der Waals surface area contributed by atoms with E-state index in [-0.39, 0.29) is 11.0 Å². The Hall–Kier alpha value is -1.68. The van der Waals surface area contributed by atoms with Crippen molar-refractivity contribution in [3.05, 3.63) is 46.4 Å². The molecule has 0 saturated heterocycles. The lowest BCUT2D eigenvalue weighted by atomic mass is 10.2. The molecule has 1 aromatic heterocycles. The Labute approximate surface area is 138 Å². The van der Waals surface area contributed by atoms with Gasteiger partial charge in [-0.15, -0.1) is 0 Å². The van der Waals surface area contributed by atoms with Crippen LogP contribution in [0.25, 0.3) is 0 Å². The van der Waals surface area contributed by atoms with Gasteiger partial charge in [0.15, 0.2) is 5.15 Å². The third-order valence-corrected chi connectivity index (χ3v) is 4.39. The molecule has 0 aliphatic rings. The summed E-state index contributed by atoms with van der Waals surface area (Å²) in [6.45, 7) is 1.99. The molecule has 22 heavy (non-hydrogen) atoms. The minimum absolute atomic E-state index is 0.219. The lowest BCUT2D eigenvalue weighted by Crippen LogP contribution is -2.31. The summed E-state index contributed by atoms with van der Waals surface area (Å²) in [7, 11) is 3.95. The zero-order valence-electron chi connectivity index (χ0n) is 12.4. The van der Waals surface area contributed by atoms with Gasteiger partial charge in [-0.05, 0) is 43.3 Å². The molecule has 1 heterocycles. The fraction of sp³-hybridized carbons (Fsp3) is 0.333. The third kappa shape index (κ3) is 4.17. The van der Waals surface area contributed by atoms with E-state index in [1.165, 1.54) is 23.7 Å². The van der Waals surface area contributed by atoms with Crippen LogP contribution >= 0.6 is 23.1 Å². The van der Waals surface area contributed by atoms with E-state index in [1.54, 1.807) is 6.07 Å². The van der Waals surface area contributed by atoms with Gasteiger partial charge in [0, 0.05) is 19.6 Å². The van der Waals surface area contributed by atoms with E-state index in [9.17, 15) is 9.65 Å². The van der Waals surface area contributed by atoms with Crippen molar-refractivity contribution in [1.29, 1.82) is 5.26 Å². The van der Waals surface area contributed by atoms with Gasteiger partial charge >= 0.3 is 0 Å². The molecule has 0 atom stereocenters. The summed E-state index contributed by atoms with van der Waals surface area (Å²) in [4.78, 5) is 4.06. The summed E-state index contributed by atoms with van der Waals surface area (Å²) in [6.07, 6.45) is 0. The van der Waals surface area contributed by atoms with E-state index in [0.29, 0.717) is 18.7 Å². The molecule has 4 nitrogen and oxygen atoms in total. The summed E-state index contributed by atoms with van der Waals surface area (Å²) in [6, 6.07) is 8.55. The molecule has 0 N–H and O–H groups in total. The summed E-state index contributed by atoms with van der Waals surface area (Å²) in [5, 5.41) is 10.2. The lowest BCUT2D eigenvalue weighted by molar-refractivity contribution is 0.413. The van der Waals surface area contributed by atoms with E-state index in [2.05, 4.69) is 10.4 Å². The highest BCUT2D eigenvalue weighted by molar-refractivity contribution is 7.10. The lowest BCUT2D eigenvalue weighted by Gasteiger charge is -2.25. The van der Waals surface area contributed by atoms with Crippen LogP contribution in [0.5, 0.6) is 0 Å². The van der Waals surface area contributed by atoms with Crippen LogP contribution in [0.15, 0.2) is 24.3 Å². The van der Waals surface area contributed by atoms with Crippen LogP contribution in [0.4, 0.5) is 9.39 Å². The average Bonchev–Trinajstić information content (AvgIpc) is 2.84. The molecule has 0 aliphatic carbocycles. The van der Waals surface area contributed by atoms with Crippen LogP contribution in [-0.2, 0) is 6.54 Å². The average molecular weight is 339 g/mol. The Morgan fingerprint density at radius 1 is 1.36 bits per heavy atom. The Balaban J connectivity index is 2.28. The molecule has 2 aromatic rings. The number of halogens is 2. The van der Waals surface area contributed by atoms with Gasteiger partial charge in [0.1, 0.15) is 22.5 Å². The first-order valence-corrected chi connectivity index (χ1v) is 7.85. The first kappa shape index (κ1) is 16.7. The topological polar surface area (TPSA) is 43.2 Å². The molecular formula is C15H16ClFN4S. The minimum Gasteiger partial charge on any atom is -0.355 e. The fourth-order valence-corrected chi connectivity index (χ4v) is 3.06. The first-order valence-electron chi connectivity index (χ1n) is 6.70. The molecule has 0 bridgehead atoms. The molecule has 0 aliphatic heterocycles. The van der Waals surface area contributed by atoms with Crippen molar-refractivity contribution in [3.63, 3.8) is 0 Å². The Morgan fingerprint density at radius 2 is 2.14 bits per heavy atom. The number of nitrogens with zero attached hydrogens (tertiary/aromatic N) is 4. The van der Waals surface area contributed by atoms with Crippen molar-refractivity contribution in [1.82, 2.24) is 9.27 Å². The number of anilines is 1. The second-order valence-corrected chi connectivity index (χ2v) is 6.23. The van der Waals surface area contributed by atoms with E-state index >= 15 is 0 Å². The van der Waals surface area contributed by atoms with Crippen LogP contribution in [0.3, 0.4) is 0 Å². The number of hydrogen-bond donors (Lipinski definition) is 0. The largest absolute Gasteiger partial charge is 0.355 e. The van der Waals surface area contributed by atoms with Gasteiger partial charge in [-0.1, -0.05) is 23.7 Å². The number of hydrogen-bond acceptors (Lipinski definition) is 5. The number of aromatic nitrogens is 1. The third-order valence-electron chi connectivity index (χ3n) is 3.11. The van der Waals surface area contributed by atoms with Gasteiger partial charge in [0.05, 0.1) is 0 Å². The van der Waals surface area contributed by atoms with Crippen molar-refractivity contribution in [2.45, 2.75) is 6.54 Å². The van der Waals surface area contributed by atoms with Crippen molar-refractivity contribution in [2.75, 3.05) is 32.1 Å². The summed E-state index contributed by atoms with van der Waals surface area (Å²) < 4.78 is 17.4. The SMILES string of the molecule is CN(C)CCN(Cc1cccc(F)c1)c1snc(Cl)c1C#N. The molecule has 0 fully saturated rings. The maximum atomic E-state index is 13.4. The van der Waals surface area contributed by atoms with Gasteiger partial charge in [-0.2, -0.15) is 9.64 Å². The van der Waals surface area contributed by atoms with Crippen molar-refractivity contribution in [2.24, 2.45) is 0 Å². The van der Waals surface area contributed by atoms with Gasteiger partial charge in [0.2, 0.25) is 0 Å². The molecule has 2 rings (SSSR count). The zero-order chi connectivity index (χ0) is 16.1. The number of nitriles is 1. The molecule has 0 amide bonds. The van der Waals surface area contributed by atoms with E-state index in [0.717, 1.165) is 17.1 Å². The fourth-order valence-electron chi connectivity index (χ4n) is 2.00. The number of benzene rings is 1. The molecule has 0 spiro atoms. The Kier molecular flexibility index (Phi) is 5.72. The highest BCUT2D eigenvalue weighted by Crippen LogP contribution is 2.32. The first-order chi connectivity index (χ1) is 10.5. The quantitative estimate of drug-likeness (QED) is 0.810. The molecule has 7 heteroatoms. The second kappa shape index (κ2) is 7.54. The maximum Gasteiger partial charge on any atom is 0.162 e. The van der Waals surface area contributed by atoms with Crippen molar-refractivity contribution < 1.29 is 4.39 Å². The molecule has 0 saturated carbocycles. The van der Waals surface area contributed by atoms with Gasteiger partial charge in [0.25, 0.3) is 0 Å². The predicted octanol–water partition coefficient (Wildman–Crippen LogP) is 3.38. The zero-order valence-corrected chi connectivity index (χ0v) is 14.0. The highest BCUT2D eigenvalue weighted by Gasteiger charge is 2.19. The van der Waals surface area contributed by atoms with Crippen LogP contribution < -0.4 is 4.90 Å². The van der Waals surface area contributed by atoms with Crippen LogP contribution in [0.1, 0.15) is 11.1 Å². The standard InChI is InChI=1S/C15H16ClFN4S/c1-20(2)6-7-21(10-11-4-3-5-12(17)8-11)15-13(9-18)14(16)19-22-15/h3-5,8H,6-7,10H2,1-2H3. The second-order valence-electron chi connectivity index (χ2n) is 5.12. The number of rotatable bonds is 6. The van der Waals surface area contributed by atoms with Gasteiger partial charge in [-0.25, -0.2) is 4.39 Å². The summed E-state index contributed by atoms with van der Waals surface area (Å²) >= 11 is 7.15. The monoisotopic (exact) mass is 338 g/mol. The molecule has 116 valence electrons. The maximum absolute atomic E-state index is 13.4. The smallest absolute Gasteiger partial charge is 0.162 e. The summed E-state index contributed by atoms with van der Waals surface area (Å²) in [5.41, 5.74) is 1.22. The minimum atomic E-state index is -0.270. The summed E-state index contributed by atoms with van der Waals surface area (Å²) in [5.74, 6) is -0.270. The van der Waals surface area contributed by atoms with E-state index in [1.807, 2.05) is 30.0 Å². The molecule has 1 aromatic carbocycles. The van der Waals surface area contributed by atoms with Crippen molar-refractivity contribution in [3.8, 4) is 6.07 Å². The molecule has 0 radical (unpaired) electrons. The Morgan fingerprint density at radius 3 is 2.77 bits per heavy atom. The normalized spacial score (nSPS) is 10.7. The predicted molar refractivity (Wildman–Crippen MR) is 87.8 cm³/mol. The van der Waals surface area contributed by atoms with Crippen molar-refractivity contribution >= 4 is 28.1 Å². The van der Waals surface area contributed by atoms with Crippen LogP contribution in [0.2, 0.25) is 5.15 Å². The van der Waals surface area contributed by atoms with E-state index in [4.69, 9.17) is 11.6 Å². The van der Waals surface area contributed by atoms with E-state index < -0.39 is 0 Å². The molecule has 0 unspecified atom stereocenters. The highest BCUT2D eigenvalue weighted by atomic mass is 35.5. The van der Waals surface area contributed by atoms with Crippen LogP contribution in [-0.4, -0.2) is 36.5 Å². The van der Waals surface area contributed by atoms with Gasteiger partial charge in [-0.3, -0.25) is 0 Å². The van der Waals surface area contributed by atoms with Crippen LogP contribution in [0, 0.1) is 17.1 Å². The van der Waals surface area contributed by atoms with Gasteiger partial charge < -0.3 is 9.80 Å². The Bertz CT molecular complexity index is 680.